The van der Waals surface area contributed by atoms with Crippen molar-refractivity contribution in [3.8, 4) is 33.8 Å². The summed E-state index contributed by atoms with van der Waals surface area (Å²) in [4.78, 5) is 0.948. The molecule has 46 heavy (non-hydrogen) atoms. The molecule has 0 aliphatic carbocycles. The molecule has 0 atom stereocenters. The van der Waals surface area contributed by atoms with Gasteiger partial charge in [0.05, 0.1) is 14.2 Å². The molecule has 0 heterocycles. The molecule has 0 aromatic heterocycles. The lowest BCUT2D eigenvalue weighted by Gasteiger charge is -2.38. The summed E-state index contributed by atoms with van der Waals surface area (Å²) in [6.07, 6.45) is -7.59. The Morgan fingerprint density at radius 1 is 0.587 bits per heavy atom. The van der Waals surface area contributed by atoms with E-state index in [4.69, 9.17) is 14.0 Å². The molecule has 0 saturated carbocycles. The van der Waals surface area contributed by atoms with Gasteiger partial charge in [-0.2, -0.15) is 65.5 Å². The van der Waals surface area contributed by atoms with Gasteiger partial charge in [0.1, 0.15) is 11.5 Å². The number of alkyl halides is 13. The van der Waals surface area contributed by atoms with Crippen LogP contribution >= 0.6 is 12.6 Å². The van der Waals surface area contributed by atoms with Crippen LogP contribution in [0.25, 0.3) is 22.3 Å². The topological polar surface area (TPSA) is 72.8 Å². The van der Waals surface area contributed by atoms with Gasteiger partial charge in [-0.1, -0.05) is 36.4 Å². The van der Waals surface area contributed by atoms with Gasteiger partial charge < -0.3 is 9.47 Å². The van der Waals surface area contributed by atoms with Gasteiger partial charge >= 0.3 is 45.2 Å². The molecule has 3 rings (SSSR count). The molecule has 1 N–H and O–H groups in total. The molecule has 256 valence electrons. The molecule has 0 saturated heterocycles. The van der Waals surface area contributed by atoms with Crippen molar-refractivity contribution in [3.05, 3.63) is 66.7 Å². The molecule has 0 spiro atoms. The quantitative estimate of drug-likeness (QED) is 0.131. The zero-order chi connectivity index (χ0) is 35.7. The fourth-order valence-corrected chi connectivity index (χ4v) is 4.32. The zero-order valence-corrected chi connectivity index (χ0v) is 24.4. The maximum absolute atomic E-state index is 12.7. The fourth-order valence-electron chi connectivity index (χ4n) is 3.53. The highest BCUT2D eigenvalue weighted by Crippen LogP contribution is 2.60. The Morgan fingerprint density at radius 2 is 0.978 bits per heavy atom. The molecule has 0 radical (unpaired) electrons. The van der Waals surface area contributed by atoms with E-state index in [0.29, 0.717) is 0 Å². The van der Waals surface area contributed by atoms with Gasteiger partial charge in [0.25, 0.3) is 0 Å². The Kier molecular flexibility index (Phi) is 11.0. The average molecular weight is 723 g/mol. The second-order valence-electron chi connectivity index (χ2n) is 8.94. The average Bonchev–Trinajstić information content (AvgIpc) is 2.96. The number of thiol groups is 1. The molecule has 0 amide bonds. The van der Waals surface area contributed by atoms with Crippen molar-refractivity contribution >= 4 is 22.7 Å². The maximum Gasteiger partial charge on any atom is 0.460 e. The number of rotatable bonds is 9. The molecule has 0 aliphatic heterocycles. The molecule has 0 aliphatic rings. The predicted octanol–water partition coefficient (Wildman–Crippen LogP) is 8.90. The van der Waals surface area contributed by atoms with Crippen molar-refractivity contribution in [3.63, 3.8) is 0 Å². The van der Waals surface area contributed by atoms with Crippen LogP contribution in [-0.4, -0.2) is 62.3 Å². The molecule has 0 fully saturated rings. The lowest BCUT2D eigenvalue weighted by molar-refractivity contribution is -0.433. The van der Waals surface area contributed by atoms with Crippen molar-refractivity contribution in [2.75, 3.05) is 14.2 Å². The van der Waals surface area contributed by atoms with Crippen LogP contribution in [0.5, 0.6) is 11.5 Å². The van der Waals surface area contributed by atoms with Crippen molar-refractivity contribution in [1.29, 1.82) is 0 Å². The van der Waals surface area contributed by atoms with Crippen LogP contribution in [0.2, 0.25) is 0 Å². The van der Waals surface area contributed by atoms with Crippen molar-refractivity contribution in [1.82, 2.24) is 0 Å². The third kappa shape index (κ3) is 6.83. The highest BCUT2D eigenvalue weighted by molar-refractivity contribution is 7.87. The predicted molar refractivity (Wildman–Crippen MR) is 140 cm³/mol. The lowest BCUT2D eigenvalue weighted by atomic mass is 9.94. The van der Waals surface area contributed by atoms with E-state index in [1.165, 1.54) is 0 Å². The highest BCUT2D eigenvalue weighted by atomic mass is 32.2. The lowest BCUT2D eigenvalue weighted by Crippen LogP contribution is -2.71. The Balaban J connectivity index is 0.000000320. The smallest absolute Gasteiger partial charge is 0.460 e. The minimum atomic E-state index is -8.25. The second-order valence-corrected chi connectivity index (χ2v) is 10.9. The summed E-state index contributed by atoms with van der Waals surface area (Å²) >= 11 is 4.66. The normalized spacial score (nSPS) is 13.5. The molecular weight excluding hydrogens is 703 g/mol. The molecule has 3 aromatic carbocycles. The SMILES string of the molecule is COc1ccc(-c2cccc(S)c2-c2ccc(OC)cc2)cc1.O=S(=O)(O)C(F)(F)C(F)(F)C(F)(F)C(F)(F)C(F)(F)C(F)(F)F. The van der Waals surface area contributed by atoms with E-state index in [2.05, 4.69) is 43.0 Å². The first-order chi connectivity index (χ1) is 20.7. The van der Waals surface area contributed by atoms with E-state index < -0.39 is 45.2 Å². The van der Waals surface area contributed by atoms with Gasteiger partial charge in [0.15, 0.2) is 0 Å². The van der Waals surface area contributed by atoms with E-state index in [0.717, 1.165) is 38.6 Å². The molecule has 0 bridgehead atoms. The van der Waals surface area contributed by atoms with Crippen LogP contribution in [0, 0.1) is 0 Å². The molecule has 0 unspecified atom stereocenters. The summed E-state index contributed by atoms with van der Waals surface area (Å²) in [6, 6.07) is 22.3. The first-order valence-corrected chi connectivity index (χ1v) is 13.6. The van der Waals surface area contributed by atoms with Gasteiger partial charge in [-0.15, -0.1) is 12.6 Å². The number of methoxy groups -OCH3 is 2. The van der Waals surface area contributed by atoms with Crippen molar-refractivity contribution in [2.24, 2.45) is 0 Å². The summed E-state index contributed by atoms with van der Waals surface area (Å²) in [5.41, 5.74) is 4.50. The summed E-state index contributed by atoms with van der Waals surface area (Å²) < 4.78 is 198. The van der Waals surface area contributed by atoms with Gasteiger partial charge in [-0.25, -0.2) is 0 Å². The minimum absolute atomic E-state index is 0.844. The minimum Gasteiger partial charge on any atom is -0.497 e. The van der Waals surface area contributed by atoms with E-state index >= 15 is 0 Å². The Hall–Kier alpha value is -3.39. The number of ether oxygens (including phenoxy) is 2. The van der Waals surface area contributed by atoms with Gasteiger partial charge in [0.2, 0.25) is 0 Å². The number of hydrogen-bond donors (Lipinski definition) is 2. The third-order valence-corrected chi connectivity index (χ3v) is 7.33. The summed E-state index contributed by atoms with van der Waals surface area (Å²) in [5.74, 6) is -30.8. The van der Waals surface area contributed by atoms with E-state index in [9.17, 15) is 65.5 Å². The van der Waals surface area contributed by atoms with Gasteiger partial charge in [-0.3, -0.25) is 4.55 Å². The van der Waals surface area contributed by atoms with Crippen LogP contribution in [0.1, 0.15) is 0 Å². The zero-order valence-electron chi connectivity index (χ0n) is 22.7. The van der Waals surface area contributed by atoms with Crippen LogP contribution in [-0.2, 0) is 10.1 Å². The molecule has 20 heteroatoms. The first-order valence-electron chi connectivity index (χ1n) is 11.8. The van der Waals surface area contributed by atoms with Crippen molar-refractivity contribution < 1.29 is 79.5 Å². The standard InChI is InChI=1S/C20H18O2S.C6HF13O3S/c1-21-16-10-6-14(7-11-16)18-4-3-5-19(23)20(18)15-8-12-17(22-2)13-9-15;7-1(8,3(11,12)5(15,16)17)2(9,10)4(13,14)6(18,19)23(20,21)22/h3-13,23H,1-2H3;(H,20,21,22). The van der Waals surface area contributed by atoms with E-state index in [1.807, 2.05) is 36.4 Å². The maximum atomic E-state index is 12.7. The molecular formula is C26H19F13O5S2. The Morgan fingerprint density at radius 3 is 1.35 bits per heavy atom. The van der Waals surface area contributed by atoms with Gasteiger partial charge in [-0.05, 0) is 47.0 Å². The number of hydrogen-bond acceptors (Lipinski definition) is 5. The summed E-state index contributed by atoms with van der Waals surface area (Å²) in [6.45, 7) is 0. The number of halogens is 13. The van der Waals surface area contributed by atoms with Crippen LogP contribution in [0.15, 0.2) is 71.6 Å². The van der Waals surface area contributed by atoms with Crippen LogP contribution in [0.3, 0.4) is 0 Å². The highest BCUT2D eigenvalue weighted by Gasteiger charge is 2.92. The largest absolute Gasteiger partial charge is 0.497 e. The van der Waals surface area contributed by atoms with Crippen LogP contribution < -0.4 is 9.47 Å². The summed E-state index contributed by atoms with van der Waals surface area (Å²) in [7, 11) is -4.26. The monoisotopic (exact) mass is 722 g/mol. The summed E-state index contributed by atoms with van der Waals surface area (Å²) in [5, 5.41) is -7.52. The Bertz CT molecular complexity index is 1610. The number of benzene rings is 3. The van der Waals surface area contributed by atoms with E-state index in [1.54, 1.807) is 14.2 Å². The second kappa shape index (κ2) is 13.0. The molecule has 5 nitrogen and oxygen atoms in total. The Labute approximate surface area is 257 Å². The fraction of sp³-hybridized carbons (Fsp3) is 0.308. The van der Waals surface area contributed by atoms with E-state index in [-0.39, 0.29) is 0 Å². The van der Waals surface area contributed by atoms with Crippen LogP contribution in [0.4, 0.5) is 57.1 Å². The first kappa shape index (κ1) is 38.8. The molecule has 3 aromatic rings. The van der Waals surface area contributed by atoms with Gasteiger partial charge in [0, 0.05) is 10.5 Å². The third-order valence-electron chi connectivity index (χ3n) is 6.05. The van der Waals surface area contributed by atoms with Crippen molar-refractivity contribution in [2.45, 2.75) is 40.0 Å².